The summed E-state index contributed by atoms with van der Waals surface area (Å²) in [6.07, 6.45) is 6.76. The van der Waals surface area contributed by atoms with Crippen molar-refractivity contribution in [3.63, 3.8) is 0 Å². The maximum absolute atomic E-state index is 13.5. The lowest BCUT2D eigenvalue weighted by molar-refractivity contribution is -0.125. The van der Waals surface area contributed by atoms with Gasteiger partial charge < -0.3 is 30.9 Å². The molecule has 2 saturated heterocycles. The van der Waals surface area contributed by atoms with Gasteiger partial charge in [0.15, 0.2) is 11.5 Å². The first-order chi connectivity index (χ1) is 23.3. The zero-order valence-corrected chi connectivity index (χ0v) is 28.5. The van der Waals surface area contributed by atoms with Crippen LogP contribution in [0.2, 0.25) is 5.02 Å². The Hall–Kier alpha value is -4.14. The molecule has 0 saturated carbocycles. The fourth-order valence-electron chi connectivity index (χ4n) is 6.07. The van der Waals surface area contributed by atoms with Crippen molar-refractivity contribution in [2.24, 2.45) is 0 Å². The Morgan fingerprint density at radius 1 is 1.02 bits per heavy atom. The van der Waals surface area contributed by atoms with Crippen LogP contribution in [0.25, 0.3) is 11.3 Å². The Balaban J connectivity index is 0.00000468. The zero-order valence-electron chi connectivity index (χ0n) is 26.9. The number of hydrogen-bond donors (Lipinski definition) is 3. The highest BCUT2D eigenvalue weighted by Gasteiger charge is 2.30. The molecule has 49 heavy (non-hydrogen) atoms. The lowest BCUT2D eigenvalue weighted by atomic mass is 10.1. The van der Waals surface area contributed by atoms with Gasteiger partial charge in [0.1, 0.15) is 5.82 Å². The van der Waals surface area contributed by atoms with Gasteiger partial charge in [-0.25, -0.2) is 19.2 Å². The Labute approximate surface area is 295 Å². The highest BCUT2D eigenvalue weighted by atomic mass is 35.5. The molecule has 260 valence electrons. The number of nitrogens with zero attached hydrogens (tertiary/aromatic N) is 6. The van der Waals surface area contributed by atoms with E-state index in [9.17, 15) is 14.0 Å². The molecule has 2 fully saturated rings. The number of halogens is 3. The summed E-state index contributed by atoms with van der Waals surface area (Å²) >= 11 is 6.39. The Morgan fingerprint density at radius 2 is 1.71 bits per heavy atom. The molecule has 2 aliphatic heterocycles. The van der Waals surface area contributed by atoms with Crippen molar-refractivity contribution in [3.8, 4) is 11.3 Å². The predicted molar refractivity (Wildman–Crippen MR) is 188 cm³/mol. The highest BCUT2D eigenvalue weighted by molar-refractivity contribution is 6.31. The quantitative estimate of drug-likeness (QED) is 0.189. The van der Waals surface area contributed by atoms with Crippen molar-refractivity contribution < 1.29 is 18.7 Å². The smallest absolute Gasteiger partial charge is 0.361 e. The van der Waals surface area contributed by atoms with E-state index in [4.69, 9.17) is 22.1 Å². The Morgan fingerprint density at radius 3 is 2.43 bits per heavy atom. The number of aromatic nitrogens is 4. The van der Waals surface area contributed by atoms with Crippen molar-refractivity contribution in [2.75, 3.05) is 63.4 Å². The zero-order chi connectivity index (χ0) is 33.5. The number of nitrogens with two attached hydrogens (primary N) is 1. The highest BCUT2D eigenvalue weighted by Crippen LogP contribution is 2.30. The average molecular weight is 713 g/mol. The molecule has 6 rings (SSSR count). The molecule has 0 spiro atoms. The summed E-state index contributed by atoms with van der Waals surface area (Å²) in [7, 11) is 0. The number of hydrogen-bond acceptors (Lipinski definition) is 10. The minimum Gasteiger partial charge on any atom is -0.442 e. The summed E-state index contributed by atoms with van der Waals surface area (Å²) in [5.74, 6) is -2.27. The third-order valence-electron chi connectivity index (χ3n) is 8.74. The van der Waals surface area contributed by atoms with E-state index in [1.165, 1.54) is 36.9 Å². The standard InChI is InChI=1S/C34H39ClFN9O3.ClH/c35-28-5-2-1-4-27(28)31(33(46)41-25-8-6-24(36)7-9-25)48-34(47)30-32(37)39-21-29(42-30)23-20-40-45(22-23)26-10-16-43(17-11-26)14-3-15-44-18-12-38-13-19-44;/h1-2,4-9,20-22,26,31,38H,3,10-19H2,(H2,37,39)(H,41,46);1H/t31-;/m1./s1. The van der Waals surface area contributed by atoms with Crippen molar-refractivity contribution in [3.05, 3.63) is 89.2 Å². The van der Waals surface area contributed by atoms with Crippen molar-refractivity contribution in [2.45, 2.75) is 31.4 Å². The number of anilines is 2. The normalized spacial score (nSPS) is 16.4. The second-order valence-electron chi connectivity index (χ2n) is 12.0. The van der Waals surface area contributed by atoms with E-state index in [2.05, 4.69) is 35.5 Å². The molecule has 4 aromatic rings. The van der Waals surface area contributed by atoms with Gasteiger partial charge in [0.25, 0.3) is 5.91 Å². The molecular weight excluding hydrogens is 672 g/mol. The molecule has 12 nitrogen and oxygen atoms in total. The van der Waals surface area contributed by atoms with E-state index >= 15 is 0 Å². The lowest BCUT2D eigenvalue weighted by Gasteiger charge is -2.33. The maximum atomic E-state index is 13.5. The van der Waals surface area contributed by atoms with E-state index < -0.39 is 23.8 Å². The van der Waals surface area contributed by atoms with E-state index in [0.717, 1.165) is 65.2 Å². The Bertz CT molecular complexity index is 1710. The molecule has 2 aliphatic rings. The SMILES string of the molecule is Cl.Nc1ncc(-c2cnn(C3CCN(CCCN4CCNCC4)CC3)c2)nc1C(=O)O[C@@H](C(=O)Nc1ccc(F)cc1)c1ccccc1Cl. The second kappa shape index (κ2) is 17.0. The molecule has 0 radical (unpaired) electrons. The number of benzene rings is 2. The van der Waals surface area contributed by atoms with E-state index in [0.29, 0.717) is 16.9 Å². The van der Waals surface area contributed by atoms with Crippen molar-refractivity contribution in [1.29, 1.82) is 0 Å². The minimum absolute atomic E-state index is 0. The topological polar surface area (TPSA) is 144 Å². The molecule has 1 atom stereocenters. The number of piperazine rings is 1. The summed E-state index contributed by atoms with van der Waals surface area (Å²) in [6.45, 7) is 8.69. The number of carbonyl (C=O) groups is 2. The summed E-state index contributed by atoms with van der Waals surface area (Å²) in [6, 6.07) is 12.0. The van der Waals surface area contributed by atoms with Crippen LogP contribution in [-0.4, -0.2) is 93.8 Å². The number of rotatable bonds is 11. The van der Waals surface area contributed by atoms with Crippen LogP contribution in [0.4, 0.5) is 15.9 Å². The molecule has 4 N–H and O–H groups in total. The largest absolute Gasteiger partial charge is 0.442 e. The molecule has 0 bridgehead atoms. The van der Waals surface area contributed by atoms with Crippen LogP contribution in [-0.2, 0) is 9.53 Å². The van der Waals surface area contributed by atoms with Gasteiger partial charge in [0, 0.05) is 67.3 Å². The first kappa shape index (κ1) is 36.1. The van der Waals surface area contributed by atoms with Gasteiger partial charge in [-0.05, 0) is 62.7 Å². The molecular formula is C34H40Cl2FN9O3. The van der Waals surface area contributed by atoms with Crippen LogP contribution in [0.3, 0.4) is 0 Å². The maximum Gasteiger partial charge on any atom is 0.361 e. The van der Waals surface area contributed by atoms with Crippen molar-refractivity contribution in [1.82, 2.24) is 34.9 Å². The molecule has 0 unspecified atom stereocenters. The van der Waals surface area contributed by atoms with Gasteiger partial charge in [-0.1, -0.05) is 29.8 Å². The summed E-state index contributed by atoms with van der Waals surface area (Å²) < 4.78 is 21.1. The molecule has 2 aromatic heterocycles. The van der Waals surface area contributed by atoms with Gasteiger partial charge >= 0.3 is 5.97 Å². The van der Waals surface area contributed by atoms with Crippen molar-refractivity contribution >= 4 is 47.4 Å². The molecule has 2 aromatic carbocycles. The van der Waals surface area contributed by atoms with Gasteiger partial charge in [0.2, 0.25) is 6.10 Å². The lowest BCUT2D eigenvalue weighted by Crippen LogP contribution is -2.44. The second-order valence-corrected chi connectivity index (χ2v) is 12.4. The van der Waals surface area contributed by atoms with Crippen LogP contribution in [0.5, 0.6) is 0 Å². The number of ether oxygens (including phenoxy) is 1. The van der Waals surface area contributed by atoms with E-state index in [1.54, 1.807) is 30.5 Å². The summed E-state index contributed by atoms with van der Waals surface area (Å²) in [5, 5.41) is 10.9. The van der Waals surface area contributed by atoms with Gasteiger partial charge in [-0.3, -0.25) is 9.48 Å². The fourth-order valence-corrected chi connectivity index (χ4v) is 6.30. The third kappa shape index (κ3) is 9.31. The first-order valence-electron chi connectivity index (χ1n) is 16.2. The van der Waals surface area contributed by atoms with Gasteiger partial charge in [0.05, 0.1) is 24.1 Å². The predicted octanol–water partition coefficient (Wildman–Crippen LogP) is 4.61. The van der Waals surface area contributed by atoms with Gasteiger partial charge in [-0.15, -0.1) is 12.4 Å². The molecule has 1 amide bonds. The number of nitrogens with one attached hydrogen (secondary N) is 2. The van der Waals surface area contributed by atoms with E-state index in [-0.39, 0.29) is 40.5 Å². The number of esters is 1. The van der Waals surface area contributed by atoms with E-state index in [1.807, 2.05) is 10.9 Å². The van der Waals surface area contributed by atoms with Gasteiger partial charge in [-0.2, -0.15) is 5.10 Å². The molecule has 15 heteroatoms. The number of amides is 1. The molecule has 4 heterocycles. The number of likely N-dealkylation sites (tertiary alicyclic amines) is 1. The monoisotopic (exact) mass is 711 g/mol. The van der Waals surface area contributed by atoms with Crippen LogP contribution in [0.15, 0.2) is 67.1 Å². The fraction of sp³-hybridized carbons (Fsp3) is 0.382. The number of nitrogen functional groups attached to an aromatic ring is 1. The average Bonchev–Trinajstić information content (AvgIpc) is 3.60. The Kier molecular flexibility index (Phi) is 12.5. The summed E-state index contributed by atoms with van der Waals surface area (Å²) in [5.41, 5.74) is 7.44. The summed E-state index contributed by atoms with van der Waals surface area (Å²) in [4.78, 5) is 40.6. The molecule has 0 aliphatic carbocycles. The minimum atomic E-state index is -1.46. The van der Waals surface area contributed by atoms with Crippen LogP contribution in [0, 0.1) is 5.82 Å². The number of piperidine rings is 1. The van der Waals surface area contributed by atoms with Crippen LogP contribution < -0.4 is 16.4 Å². The first-order valence-corrected chi connectivity index (χ1v) is 16.6. The van der Waals surface area contributed by atoms with Crippen LogP contribution >= 0.6 is 24.0 Å². The number of carbonyl (C=O) groups excluding carboxylic acids is 2. The van der Waals surface area contributed by atoms with Crippen LogP contribution in [0.1, 0.15) is 47.5 Å². The third-order valence-corrected chi connectivity index (χ3v) is 9.09.